The van der Waals surface area contributed by atoms with E-state index in [1.807, 2.05) is 27.7 Å². The van der Waals surface area contributed by atoms with E-state index in [2.05, 4.69) is 48.3 Å². The molecule has 0 radical (unpaired) electrons. The van der Waals surface area contributed by atoms with Crippen molar-refractivity contribution in [3.05, 3.63) is 22.8 Å². The highest BCUT2D eigenvalue weighted by atomic mass is 19.3. The molecule has 2 aromatic rings. The van der Waals surface area contributed by atoms with Crippen molar-refractivity contribution in [2.45, 2.75) is 131 Å². The molecule has 0 bridgehead atoms. The van der Waals surface area contributed by atoms with Crippen molar-refractivity contribution in [3.8, 4) is 0 Å². The Morgan fingerprint density at radius 3 is 1.68 bits per heavy atom. The van der Waals surface area contributed by atoms with Gasteiger partial charge in [-0.15, -0.1) is 10.2 Å². The van der Waals surface area contributed by atoms with Crippen LogP contribution in [-0.2, 0) is 24.7 Å². The third-order valence-corrected chi connectivity index (χ3v) is 8.27. The minimum Gasteiger partial charge on any atom is -0.246 e. The zero-order chi connectivity index (χ0) is 28.4. The number of aryl methyl sites for hydroxylation is 1. The van der Waals surface area contributed by atoms with Gasteiger partial charge in [0.15, 0.2) is 5.69 Å². The van der Waals surface area contributed by atoms with Crippen LogP contribution >= 0.6 is 0 Å². The normalized spacial score (nSPS) is 23.3. The summed E-state index contributed by atoms with van der Waals surface area (Å²) in [6.07, 6.45) is 4.08. The average molecular weight is 543 g/mol. The lowest BCUT2D eigenvalue weighted by atomic mass is 9.83. The van der Waals surface area contributed by atoms with Crippen molar-refractivity contribution >= 4 is 0 Å². The summed E-state index contributed by atoms with van der Waals surface area (Å²) in [7, 11) is 0. The van der Waals surface area contributed by atoms with Gasteiger partial charge in [0.1, 0.15) is 5.69 Å². The first-order valence-electron chi connectivity index (χ1n) is 14.3. The highest BCUT2D eigenvalue weighted by Crippen LogP contribution is 2.42. The SMILES string of the molecule is CC(C)C1CCc2c(nnn2C(C)C)C(F)(F)CC1.CC(C)C1CCc2nnn(C(C)C)c2C(F)(F)CC1. The lowest BCUT2D eigenvalue weighted by Crippen LogP contribution is -2.26. The molecule has 0 N–H and O–H groups in total. The molecule has 2 heterocycles. The van der Waals surface area contributed by atoms with Gasteiger partial charge in [-0.3, -0.25) is 0 Å². The van der Waals surface area contributed by atoms with Crippen LogP contribution < -0.4 is 0 Å². The van der Waals surface area contributed by atoms with E-state index in [0.29, 0.717) is 60.7 Å². The summed E-state index contributed by atoms with van der Waals surface area (Å²) >= 11 is 0. The van der Waals surface area contributed by atoms with Crippen molar-refractivity contribution in [1.82, 2.24) is 30.0 Å². The highest BCUT2D eigenvalue weighted by molar-refractivity contribution is 5.19. The maximum absolute atomic E-state index is 14.4. The zero-order valence-electron chi connectivity index (χ0n) is 24.3. The lowest BCUT2D eigenvalue weighted by molar-refractivity contribution is -0.0337. The molecule has 0 aromatic carbocycles. The Morgan fingerprint density at radius 2 is 1.16 bits per heavy atom. The summed E-state index contributed by atoms with van der Waals surface area (Å²) < 4.78 is 60.4. The molecule has 2 aromatic heterocycles. The van der Waals surface area contributed by atoms with Crippen molar-refractivity contribution < 1.29 is 17.6 Å². The molecule has 0 saturated carbocycles. The fourth-order valence-electron chi connectivity index (χ4n) is 5.72. The van der Waals surface area contributed by atoms with Crippen molar-refractivity contribution in [3.63, 3.8) is 0 Å². The molecular formula is C28H46F4N6. The molecule has 2 unspecified atom stereocenters. The van der Waals surface area contributed by atoms with Gasteiger partial charge in [-0.05, 0) is 89.9 Å². The number of aromatic nitrogens is 6. The summed E-state index contributed by atoms with van der Waals surface area (Å²) in [5.74, 6) is -4.05. The second-order valence-electron chi connectivity index (χ2n) is 12.4. The number of alkyl halides is 4. The third kappa shape index (κ3) is 6.76. The number of hydrogen-bond acceptors (Lipinski definition) is 4. The van der Waals surface area contributed by atoms with E-state index >= 15 is 0 Å². The van der Waals surface area contributed by atoms with E-state index in [9.17, 15) is 17.6 Å². The first-order chi connectivity index (χ1) is 17.7. The molecule has 2 aliphatic carbocycles. The summed E-state index contributed by atoms with van der Waals surface area (Å²) in [5.41, 5.74) is 1.07. The van der Waals surface area contributed by atoms with E-state index in [1.165, 1.54) is 4.68 Å². The van der Waals surface area contributed by atoms with E-state index in [4.69, 9.17) is 0 Å². The molecule has 216 valence electrons. The van der Waals surface area contributed by atoms with Gasteiger partial charge in [-0.1, -0.05) is 38.1 Å². The molecule has 2 atom stereocenters. The van der Waals surface area contributed by atoms with Crippen molar-refractivity contribution in [2.75, 3.05) is 0 Å². The smallest absolute Gasteiger partial charge is 0.246 e. The molecule has 0 amide bonds. The molecular weight excluding hydrogens is 496 g/mol. The van der Waals surface area contributed by atoms with E-state index in [0.717, 1.165) is 12.8 Å². The van der Waals surface area contributed by atoms with Crippen LogP contribution in [0.4, 0.5) is 17.6 Å². The molecule has 0 fully saturated rings. The van der Waals surface area contributed by atoms with Crippen LogP contribution in [0.15, 0.2) is 0 Å². The predicted octanol–water partition coefficient (Wildman–Crippen LogP) is 7.90. The molecule has 0 spiro atoms. The van der Waals surface area contributed by atoms with E-state index in [1.54, 1.807) is 4.68 Å². The topological polar surface area (TPSA) is 61.4 Å². The minimum absolute atomic E-state index is 0.0460. The fraction of sp³-hybridized carbons (Fsp3) is 0.857. The Balaban J connectivity index is 0.000000211. The van der Waals surface area contributed by atoms with E-state index < -0.39 is 11.8 Å². The standard InChI is InChI=1S/2C14H23F2N3/c1-9(2)11-5-6-12-13(14(15,16)8-7-11)17-18-19(12)10(3)4;1-9(2)11-5-6-12-13(14(15,16)8-7-11)19(10(3)4)18-17-12/h2*9-11H,5-8H2,1-4H3. The van der Waals surface area contributed by atoms with Gasteiger partial charge in [0.25, 0.3) is 11.8 Å². The number of nitrogens with zero attached hydrogens (tertiary/aromatic N) is 6. The van der Waals surface area contributed by atoms with Gasteiger partial charge < -0.3 is 0 Å². The predicted molar refractivity (Wildman–Crippen MR) is 140 cm³/mol. The summed E-state index contributed by atoms with van der Waals surface area (Å²) in [5, 5.41) is 15.6. The summed E-state index contributed by atoms with van der Waals surface area (Å²) in [6, 6.07) is -0.00794. The lowest BCUT2D eigenvalue weighted by Gasteiger charge is -2.28. The van der Waals surface area contributed by atoms with Gasteiger partial charge in [-0.25, -0.2) is 9.36 Å². The van der Waals surface area contributed by atoms with Crippen LogP contribution in [0.3, 0.4) is 0 Å². The monoisotopic (exact) mass is 542 g/mol. The van der Waals surface area contributed by atoms with Gasteiger partial charge in [0.2, 0.25) is 0 Å². The molecule has 38 heavy (non-hydrogen) atoms. The second-order valence-corrected chi connectivity index (χ2v) is 12.4. The van der Waals surface area contributed by atoms with Gasteiger partial charge in [-0.2, -0.15) is 17.6 Å². The molecule has 0 saturated heterocycles. The van der Waals surface area contributed by atoms with Gasteiger partial charge in [0, 0.05) is 24.9 Å². The third-order valence-electron chi connectivity index (χ3n) is 8.27. The summed E-state index contributed by atoms with van der Waals surface area (Å²) in [4.78, 5) is 0. The Kier molecular flexibility index (Phi) is 9.67. The summed E-state index contributed by atoms with van der Waals surface area (Å²) in [6.45, 7) is 16.1. The van der Waals surface area contributed by atoms with Crippen LogP contribution in [0, 0.1) is 23.7 Å². The number of hydrogen-bond donors (Lipinski definition) is 0. The Morgan fingerprint density at radius 1 is 0.658 bits per heavy atom. The molecule has 10 heteroatoms. The zero-order valence-corrected chi connectivity index (χ0v) is 24.3. The van der Waals surface area contributed by atoms with Gasteiger partial charge in [0.05, 0.1) is 11.4 Å². The second kappa shape index (κ2) is 12.0. The van der Waals surface area contributed by atoms with Crippen molar-refractivity contribution in [1.29, 1.82) is 0 Å². The first-order valence-corrected chi connectivity index (χ1v) is 14.3. The Labute approximate surface area is 224 Å². The highest BCUT2D eigenvalue weighted by Gasteiger charge is 2.42. The molecule has 0 aliphatic heterocycles. The van der Waals surface area contributed by atoms with Crippen LogP contribution in [0.25, 0.3) is 0 Å². The van der Waals surface area contributed by atoms with Crippen molar-refractivity contribution in [2.24, 2.45) is 23.7 Å². The quantitative estimate of drug-likeness (QED) is 0.369. The molecule has 6 nitrogen and oxygen atoms in total. The van der Waals surface area contributed by atoms with E-state index in [-0.39, 0.29) is 36.3 Å². The van der Waals surface area contributed by atoms with Crippen LogP contribution in [0.1, 0.15) is 129 Å². The maximum Gasteiger partial charge on any atom is 0.293 e. The fourth-order valence-corrected chi connectivity index (χ4v) is 5.72. The van der Waals surface area contributed by atoms with Gasteiger partial charge >= 0.3 is 0 Å². The largest absolute Gasteiger partial charge is 0.293 e. The Hall–Kier alpha value is -2.00. The van der Waals surface area contributed by atoms with Crippen LogP contribution in [0.5, 0.6) is 0 Å². The minimum atomic E-state index is -2.84. The number of halogens is 4. The first kappa shape index (κ1) is 30.5. The number of rotatable bonds is 4. The number of fused-ring (bicyclic) bond motifs is 2. The average Bonchev–Trinajstić information content (AvgIpc) is 3.42. The maximum atomic E-state index is 14.4. The van der Waals surface area contributed by atoms with Crippen LogP contribution in [0.2, 0.25) is 0 Å². The Bertz CT molecular complexity index is 1040. The van der Waals surface area contributed by atoms with Crippen LogP contribution in [-0.4, -0.2) is 30.0 Å². The molecule has 2 aliphatic rings. The molecule has 4 rings (SSSR count).